The fraction of sp³-hybridized carbons (Fsp3) is 0.615. The third-order valence-corrected chi connectivity index (χ3v) is 2.50. The van der Waals surface area contributed by atoms with Gasteiger partial charge in [-0.3, -0.25) is 4.79 Å². The molecule has 0 radical (unpaired) electrons. The summed E-state index contributed by atoms with van der Waals surface area (Å²) in [5, 5.41) is 3.17. The third-order valence-electron chi connectivity index (χ3n) is 2.50. The number of primary amides is 1. The number of carbonyl (C=O) groups is 1. The van der Waals surface area contributed by atoms with E-state index in [1.165, 1.54) is 0 Å². The molecule has 0 fully saturated rings. The highest BCUT2D eigenvalue weighted by Gasteiger charge is 2.23. The fourth-order valence-electron chi connectivity index (χ4n) is 1.69. The number of aromatic nitrogens is 2. The van der Waals surface area contributed by atoms with E-state index in [0.717, 1.165) is 0 Å². The molecule has 0 unspecified atom stereocenters. The SMILES string of the molecule is CC(C)(CC(N)=O)Nc1cc(N)nc(C(C)(C)C)n1. The largest absolute Gasteiger partial charge is 0.384 e. The van der Waals surface area contributed by atoms with Crippen molar-refractivity contribution in [1.29, 1.82) is 0 Å². The van der Waals surface area contributed by atoms with Gasteiger partial charge in [-0.15, -0.1) is 0 Å². The van der Waals surface area contributed by atoms with Crippen LogP contribution in [0.25, 0.3) is 0 Å². The Morgan fingerprint density at radius 1 is 1.26 bits per heavy atom. The molecule has 0 aliphatic heterocycles. The van der Waals surface area contributed by atoms with Gasteiger partial charge < -0.3 is 16.8 Å². The van der Waals surface area contributed by atoms with E-state index in [2.05, 4.69) is 15.3 Å². The van der Waals surface area contributed by atoms with Crippen LogP contribution in [0.4, 0.5) is 11.6 Å². The number of nitrogens with zero attached hydrogens (tertiary/aromatic N) is 2. The lowest BCUT2D eigenvalue weighted by Gasteiger charge is -2.26. The van der Waals surface area contributed by atoms with E-state index in [-0.39, 0.29) is 17.7 Å². The lowest BCUT2D eigenvalue weighted by atomic mass is 9.95. The van der Waals surface area contributed by atoms with Crippen molar-refractivity contribution in [3.05, 3.63) is 11.9 Å². The molecule has 0 aliphatic carbocycles. The van der Waals surface area contributed by atoms with Crippen LogP contribution in [-0.2, 0) is 10.2 Å². The van der Waals surface area contributed by atoms with Gasteiger partial charge >= 0.3 is 0 Å². The van der Waals surface area contributed by atoms with Gasteiger partial charge in [-0.1, -0.05) is 20.8 Å². The second kappa shape index (κ2) is 5.03. The van der Waals surface area contributed by atoms with Crippen molar-refractivity contribution in [2.24, 2.45) is 5.73 Å². The molecule has 6 heteroatoms. The van der Waals surface area contributed by atoms with Crippen LogP contribution in [0.1, 0.15) is 46.9 Å². The lowest BCUT2D eigenvalue weighted by molar-refractivity contribution is -0.118. The van der Waals surface area contributed by atoms with Crippen molar-refractivity contribution < 1.29 is 4.79 Å². The molecule has 6 nitrogen and oxygen atoms in total. The number of anilines is 2. The number of hydrogen-bond acceptors (Lipinski definition) is 5. The minimum absolute atomic E-state index is 0.195. The molecular formula is C13H23N5O. The number of rotatable bonds is 4. The summed E-state index contributed by atoms with van der Waals surface area (Å²) in [6.07, 6.45) is 0.210. The molecule has 0 saturated heterocycles. The van der Waals surface area contributed by atoms with Crippen LogP contribution in [0.2, 0.25) is 0 Å². The molecule has 1 amide bonds. The molecule has 1 aromatic heterocycles. The number of nitrogen functional groups attached to an aromatic ring is 1. The first-order valence-electron chi connectivity index (χ1n) is 6.21. The summed E-state index contributed by atoms with van der Waals surface area (Å²) in [5.74, 6) is 1.29. The Kier molecular flexibility index (Phi) is 4.03. The maximum absolute atomic E-state index is 11.0. The third kappa shape index (κ3) is 4.73. The quantitative estimate of drug-likeness (QED) is 0.763. The van der Waals surface area contributed by atoms with Crippen LogP contribution in [-0.4, -0.2) is 21.4 Å². The number of amides is 1. The van der Waals surface area contributed by atoms with Gasteiger partial charge in [0.15, 0.2) is 0 Å². The zero-order valence-electron chi connectivity index (χ0n) is 12.2. The summed E-state index contributed by atoms with van der Waals surface area (Å²) in [5.41, 5.74) is 10.3. The van der Waals surface area contributed by atoms with Gasteiger partial charge in [0.05, 0.1) is 0 Å². The smallest absolute Gasteiger partial charge is 0.219 e. The predicted octanol–water partition coefficient (Wildman–Crippen LogP) is 1.42. The van der Waals surface area contributed by atoms with Gasteiger partial charge in [0.1, 0.15) is 17.5 Å². The average molecular weight is 265 g/mol. The first-order valence-corrected chi connectivity index (χ1v) is 6.21. The van der Waals surface area contributed by atoms with Crippen LogP contribution < -0.4 is 16.8 Å². The van der Waals surface area contributed by atoms with Crippen LogP contribution in [0.3, 0.4) is 0 Å². The first kappa shape index (κ1) is 15.2. The number of carbonyl (C=O) groups excluding carboxylic acids is 1. The number of nitrogens with one attached hydrogen (secondary N) is 1. The molecule has 1 heterocycles. The molecular weight excluding hydrogens is 242 g/mol. The summed E-state index contributed by atoms with van der Waals surface area (Å²) in [4.78, 5) is 19.7. The monoisotopic (exact) mass is 265 g/mol. The maximum atomic E-state index is 11.0. The topological polar surface area (TPSA) is 107 Å². The molecule has 0 aliphatic rings. The molecule has 0 atom stereocenters. The highest BCUT2D eigenvalue weighted by Crippen LogP contribution is 2.23. The van der Waals surface area contributed by atoms with E-state index >= 15 is 0 Å². The van der Waals surface area contributed by atoms with Gasteiger partial charge in [-0.25, -0.2) is 9.97 Å². The Morgan fingerprint density at radius 2 is 1.84 bits per heavy atom. The zero-order chi connectivity index (χ0) is 14.8. The van der Waals surface area contributed by atoms with Crippen molar-refractivity contribution in [2.75, 3.05) is 11.1 Å². The molecule has 0 spiro atoms. The Balaban J connectivity index is 3.02. The van der Waals surface area contributed by atoms with Gasteiger partial charge in [-0.2, -0.15) is 0 Å². The van der Waals surface area contributed by atoms with Gasteiger partial charge in [0.2, 0.25) is 5.91 Å². The van der Waals surface area contributed by atoms with E-state index < -0.39 is 5.54 Å². The van der Waals surface area contributed by atoms with Crippen molar-refractivity contribution in [1.82, 2.24) is 9.97 Å². The van der Waals surface area contributed by atoms with E-state index in [1.807, 2.05) is 34.6 Å². The second-order valence-corrected chi connectivity index (χ2v) is 6.40. The molecule has 0 saturated carbocycles. The fourth-order valence-corrected chi connectivity index (χ4v) is 1.69. The second-order valence-electron chi connectivity index (χ2n) is 6.40. The normalized spacial score (nSPS) is 12.3. The molecule has 19 heavy (non-hydrogen) atoms. The Hall–Kier alpha value is -1.85. The molecule has 0 bridgehead atoms. The van der Waals surface area contributed by atoms with Crippen LogP contribution in [0.15, 0.2) is 6.07 Å². The molecule has 106 valence electrons. The van der Waals surface area contributed by atoms with Crippen molar-refractivity contribution >= 4 is 17.5 Å². The first-order chi connectivity index (χ1) is 8.49. The maximum Gasteiger partial charge on any atom is 0.219 e. The van der Waals surface area contributed by atoms with Crippen LogP contribution in [0.5, 0.6) is 0 Å². The predicted molar refractivity (Wildman–Crippen MR) is 76.7 cm³/mol. The van der Waals surface area contributed by atoms with E-state index in [0.29, 0.717) is 17.5 Å². The Morgan fingerprint density at radius 3 is 2.32 bits per heavy atom. The van der Waals surface area contributed by atoms with E-state index in [4.69, 9.17) is 11.5 Å². The minimum atomic E-state index is -0.484. The summed E-state index contributed by atoms with van der Waals surface area (Å²) >= 11 is 0. The zero-order valence-corrected chi connectivity index (χ0v) is 12.2. The Bertz CT molecular complexity index is 476. The van der Waals surface area contributed by atoms with E-state index in [1.54, 1.807) is 6.07 Å². The van der Waals surface area contributed by atoms with Crippen molar-refractivity contribution in [3.8, 4) is 0 Å². The summed E-state index contributed by atoms with van der Waals surface area (Å²) < 4.78 is 0. The molecule has 5 N–H and O–H groups in total. The summed E-state index contributed by atoms with van der Waals surface area (Å²) in [7, 11) is 0. The van der Waals surface area contributed by atoms with Crippen molar-refractivity contribution in [2.45, 2.75) is 52.0 Å². The lowest BCUT2D eigenvalue weighted by Crippen LogP contribution is -2.36. The van der Waals surface area contributed by atoms with Gasteiger partial charge in [0, 0.05) is 23.4 Å². The van der Waals surface area contributed by atoms with Gasteiger partial charge in [-0.05, 0) is 13.8 Å². The number of hydrogen-bond donors (Lipinski definition) is 3. The van der Waals surface area contributed by atoms with Gasteiger partial charge in [0.25, 0.3) is 0 Å². The summed E-state index contributed by atoms with van der Waals surface area (Å²) in [6, 6.07) is 1.65. The molecule has 1 aromatic rings. The Labute approximate surface area is 114 Å². The minimum Gasteiger partial charge on any atom is -0.384 e. The standard InChI is InChI=1S/C13H23N5O/c1-12(2,3)11-16-8(14)6-10(17-11)18-13(4,5)7-9(15)19/h6H,7H2,1-5H3,(H2,15,19)(H3,14,16,17,18). The van der Waals surface area contributed by atoms with E-state index in [9.17, 15) is 4.79 Å². The van der Waals surface area contributed by atoms with Crippen LogP contribution in [0, 0.1) is 0 Å². The molecule has 0 aromatic carbocycles. The van der Waals surface area contributed by atoms with Crippen molar-refractivity contribution in [3.63, 3.8) is 0 Å². The highest BCUT2D eigenvalue weighted by molar-refractivity contribution is 5.75. The summed E-state index contributed by atoms with van der Waals surface area (Å²) in [6.45, 7) is 9.81. The highest BCUT2D eigenvalue weighted by atomic mass is 16.1. The van der Waals surface area contributed by atoms with Crippen LogP contribution >= 0.6 is 0 Å². The number of nitrogens with two attached hydrogens (primary N) is 2. The average Bonchev–Trinajstić information content (AvgIpc) is 2.11. The molecule has 1 rings (SSSR count).